The Morgan fingerprint density at radius 3 is 2.76 bits per heavy atom. The lowest BCUT2D eigenvalue weighted by Gasteiger charge is -2.16. The van der Waals surface area contributed by atoms with E-state index < -0.39 is 27.1 Å². The van der Waals surface area contributed by atoms with Crippen molar-refractivity contribution >= 4 is 21.6 Å². The van der Waals surface area contributed by atoms with Crippen LogP contribution in [0.5, 0.6) is 0 Å². The van der Waals surface area contributed by atoms with Crippen LogP contribution in [0.2, 0.25) is 0 Å². The molecule has 0 saturated carbocycles. The molecule has 1 aromatic rings. The summed E-state index contributed by atoms with van der Waals surface area (Å²) >= 11 is 0. The van der Waals surface area contributed by atoms with Crippen molar-refractivity contribution in [3.63, 3.8) is 0 Å². The Balaban J connectivity index is 2.31. The normalized spacial score (nSPS) is 20.9. The van der Waals surface area contributed by atoms with E-state index in [4.69, 9.17) is 5.14 Å². The Labute approximate surface area is 97.3 Å². The molecule has 1 amide bonds. The largest absolute Gasteiger partial charge is 0.307 e. The van der Waals surface area contributed by atoms with E-state index in [0.717, 1.165) is 4.90 Å². The number of anilines is 1. The van der Waals surface area contributed by atoms with E-state index in [1.165, 1.54) is 18.3 Å². The molecule has 1 saturated heterocycles. The van der Waals surface area contributed by atoms with E-state index in [1.807, 2.05) is 0 Å². The predicted octanol–water partition coefficient (Wildman–Crippen LogP) is -0.385. The summed E-state index contributed by atoms with van der Waals surface area (Å²) in [4.78, 5) is 16.1. The summed E-state index contributed by atoms with van der Waals surface area (Å²) in [6.07, 6.45) is 1.02. The molecule has 1 unspecified atom stereocenters. The highest BCUT2D eigenvalue weighted by molar-refractivity contribution is 7.89. The topological polar surface area (TPSA) is 93.4 Å². The predicted molar refractivity (Wildman–Crippen MR) is 58.1 cm³/mol. The summed E-state index contributed by atoms with van der Waals surface area (Å²) in [6.45, 7) is -0.139. The highest BCUT2D eigenvalue weighted by Gasteiger charge is 2.38. The number of hydrogen-bond donors (Lipinski definition) is 1. The van der Waals surface area contributed by atoms with Gasteiger partial charge in [-0.1, -0.05) is 0 Å². The highest BCUT2D eigenvalue weighted by Crippen LogP contribution is 2.25. The van der Waals surface area contributed by atoms with E-state index in [0.29, 0.717) is 0 Å². The third kappa shape index (κ3) is 2.27. The minimum absolute atomic E-state index is 0.0244. The lowest BCUT2D eigenvalue weighted by molar-refractivity contribution is -0.117. The number of carbonyl (C=O) groups is 1. The molecule has 1 aromatic heterocycles. The molecule has 0 bridgehead atoms. The van der Waals surface area contributed by atoms with Gasteiger partial charge in [-0.25, -0.2) is 18.5 Å². The van der Waals surface area contributed by atoms with E-state index in [2.05, 4.69) is 4.98 Å². The molecular formula is C9H10FN3O3S. The smallest absolute Gasteiger partial charge is 0.236 e. The van der Waals surface area contributed by atoms with Crippen LogP contribution in [0.3, 0.4) is 0 Å². The summed E-state index contributed by atoms with van der Waals surface area (Å²) in [6, 6.07) is 2.84. The van der Waals surface area contributed by atoms with Crippen LogP contribution in [-0.4, -0.2) is 31.1 Å². The van der Waals surface area contributed by atoms with Crippen molar-refractivity contribution in [3.8, 4) is 0 Å². The molecule has 1 aliphatic heterocycles. The number of nitrogens with zero attached hydrogens (tertiary/aromatic N) is 2. The number of halogens is 1. The summed E-state index contributed by atoms with van der Waals surface area (Å²) < 4.78 is 35.6. The van der Waals surface area contributed by atoms with Crippen molar-refractivity contribution in [1.29, 1.82) is 0 Å². The molecule has 2 N–H and O–H groups in total. The van der Waals surface area contributed by atoms with Gasteiger partial charge in [0.1, 0.15) is 5.25 Å². The van der Waals surface area contributed by atoms with E-state index in [9.17, 15) is 17.6 Å². The monoisotopic (exact) mass is 259 g/mol. The van der Waals surface area contributed by atoms with Crippen LogP contribution in [0, 0.1) is 5.95 Å². The number of hydrogen-bond acceptors (Lipinski definition) is 4. The molecule has 1 atom stereocenters. The van der Waals surface area contributed by atoms with Gasteiger partial charge in [-0.2, -0.15) is 4.39 Å². The zero-order chi connectivity index (χ0) is 12.6. The van der Waals surface area contributed by atoms with Gasteiger partial charge < -0.3 is 4.90 Å². The molecule has 92 valence electrons. The van der Waals surface area contributed by atoms with Gasteiger partial charge in [-0.05, 0) is 12.1 Å². The van der Waals surface area contributed by atoms with Crippen LogP contribution in [0.25, 0.3) is 0 Å². The third-order valence-electron chi connectivity index (χ3n) is 2.58. The van der Waals surface area contributed by atoms with Gasteiger partial charge in [0.25, 0.3) is 0 Å². The molecule has 2 heterocycles. The Kier molecular flexibility index (Phi) is 2.84. The Morgan fingerprint density at radius 2 is 2.24 bits per heavy atom. The van der Waals surface area contributed by atoms with E-state index in [1.54, 1.807) is 0 Å². The average molecular weight is 259 g/mol. The number of rotatable bonds is 2. The molecule has 1 aliphatic rings. The first kappa shape index (κ1) is 11.9. The number of amides is 1. The zero-order valence-corrected chi connectivity index (χ0v) is 9.52. The van der Waals surface area contributed by atoms with Crippen LogP contribution in [-0.2, 0) is 14.8 Å². The summed E-state index contributed by atoms with van der Waals surface area (Å²) in [7, 11) is -3.79. The van der Waals surface area contributed by atoms with Gasteiger partial charge in [-0.3, -0.25) is 4.79 Å². The van der Waals surface area contributed by atoms with Crippen molar-refractivity contribution in [1.82, 2.24) is 4.98 Å². The molecule has 17 heavy (non-hydrogen) atoms. The van der Waals surface area contributed by atoms with Crippen molar-refractivity contribution in [2.45, 2.75) is 11.7 Å². The van der Waals surface area contributed by atoms with E-state index in [-0.39, 0.29) is 18.7 Å². The Hall–Kier alpha value is -1.54. The van der Waals surface area contributed by atoms with Gasteiger partial charge in [0.2, 0.25) is 21.9 Å². The molecule has 6 nitrogen and oxygen atoms in total. The Morgan fingerprint density at radius 1 is 1.53 bits per heavy atom. The minimum atomic E-state index is -3.79. The number of aromatic nitrogens is 1. The highest BCUT2D eigenvalue weighted by atomic mass is 32.2. The second-order valence-corrected chi connectivity index (χ2v) is 5.58. The first-order chi connectivity index (χ1) is 7.89. The standard InChI is InChI=1S/C9H10FN3O3S/c10-9-7(2-1-3-12-9)13-5-6(4-8(13)14)17(11,15)16/h1-3,6H,4-5H2,(H2,11,15,16). The van der Waals surface area contributed by atoms with Crippen LogP contribution >= 0.6 is 0 Å². The molecule has 2 rings (SSSR count). The SMILES string of the molecule is NS(=O)(=O)C1CC(=O)N(c2cccnc2F)C1. The number of nitrogens with two attached hydrogens (primary N) is 1. The van der Waals surface area contributed by atoms with E-state index >= 15 is 0 Å². The molecular weight excluding hydrogens is 249 g/mol. The molecule has 0 aromatic carbocycles. The Bertz CT molecular complexity index is 560. The summed E-state index contributed by atoms with van der Waals surface area (Å²) in [5, 5.41) is 3.97. The molecule has 0 spiro atoms. The third-order valence-corrected chi connectivity index (χ3v) is 3.83. The maximum Gasteiger partial charge on any atom is 0.236 e. The quantitative estimate of drug-likeness (QED) is 0.732. The second-order valence-electron chi connectivity index (χ2n) is 3.73. The van der Waals surface area contributed by atoms with Crippen LogP contribution in [0.15, 0.2) is 18.3 Å². The van der Waals surface area contributed by atoms with Gasteiger partial charge in [-0.15, -0.1) is 0 Å². The number of primary sulfonamides is 1. The molecule has 1 fully saturated rings. The fourth-order valence-electron chi connectivity index (χ4n) is 1.71. The summed E-state index contributed by atoms with van der Waals surface area (Å²) in [5.41, 5.74) is -0.0244. The molecule has 0 radical (unpaired) electrons. The van der Waals surface area contributed by atoms with Gasteiger partial charge >= 0.3 is 0 Å². The molecule has 8 heteroatoms. The van der Waals surface area contributed by atoms with Gasteiger partial charge in [0.05, 0.1) is 5.69 Å². The maximum absolute atomic E-state index is 13.4. The first-order valence-electron chi connectivity index (χ1n) is 4.82. The number of pyridine rings is 1. The summed E-state index contributed by atoms with van der Waals surface area (Å²) in [5.74, 6) is -1.29. The zero-order valence-electron chi connectivity index (χ0n) is 8.71. The number of carbonyl (C=O) groups excluding carboxylic acids is 1. The van der Waals surface area contributed by atoms with Crippen molar-refractivity contribution in [3.05, 3.63) is 24.3 Å². The van der Waals surface area contributed by atoms with Crippen molar-refractivity contribution < 1.29 is 17.6 Å². The first-order valence-corrected chi connectivity index (χ1v) is 6.43. The van der Waals surface area contributed by atoms with Crippen molar-refractivity contribution in [2.75, 3.05) is 11.4 Å². The van der Waals surface area contributed by atoms with Crippen LogP contribution < -0.4 is 10.0 Å². The second kappa shape index (κ2) is 4.04. The maximum atomic E-state index is 13.4. The average Bonchev–Trinajstić information content (AvgIpc) is 2.61. The fourth-order valence-corrected chi connectivity index (χ4v) is 2.44. The van der Waals surface area contributed by atoms with Gasteiger partial charge in [0.15, 0.2) is 0 Å². The number of sulfonamides is 1. The van der Waals surface area contributed by atoms with Crippen LogP contribution in [0.4, 0.5) is 10.1 Å². The fraction of sp³-hybridized carbons (Fsp3) is 0.333. The molecule has 0 aliphatic carbocycles. The van der Waals surface area contributed by atoms with Crippen LogP contribution in [0.1, 0.15) is 6.42 Å². The minimum Gasteiger partial charge on any atom is -0.307 e. The van der Waals surface area contributed by atoms with Gasteiger partial charge in [0, 0.05) is 19.2 Å². The lowest BCUT2D eigenvalue weighted by atomic mass is 10.4. The van der Waals surface area contributed by atoms with Crippen molar-refractivity contribution in [2.24, 2.45) is 5.14 Å². The lowest BCUT2D eigenvalue weighted by Crippen LogP contribution is -2.32.